The topological polar surface area (TPSA) is 96.9 Å². The molecule has 2 amide bonds. The molecule has 0 heterocycles. The lowest BCUT2D eigenvalue weighted by molar-refractivity contribution is 0.0848. The third kappa shape index (κ3) is 5.73. The molecule has 7 heteroatoms. The third-order valence-corrected chi connectivity index (χ3v) is 4.21. The Balaban J connectivity index is 1.83. The van der Waals surface area contributed by atoms with Crippen molar-refractivity contribution in [1.82, 2.24) is 10.6 Å². The summed E-state index contributed by atoms with van der Waals surface area (Å²) in [5.74, 6) is 0.0462. The van der Waals surface area contributed by atoms with Crippen molar-refractivity contribution in [2.75, 3.05) is 13.7 Å². The van der Waals surface area contributed by atoms with E-state index in [0.717, 1.165) is 5.56 Å². The average Bonchev–Trinajstić information content (AvgIpc) is 2.56. The van der Waals surface area contributed by atoms with E-state index >= 15 is 0 Å². The van der Waals surface area contributed by atoms with Crippen LogP contribution in [-0.4, -0.2) is 43.1 Å². The second-order valence-corrected chi connectivity index (χ2v) is 5.99. The Morgan fingerprint density at radius 2 is 1.96 bits per heavy atom. The molecule has 132 valence electrons. The molecular formula is C17H24N2O5. The van der Waals surface area contributed by atoms with Crippen molar-refractivity contribution in [2.24, 2.45) is 5.92 Å². The van der Waals surface area contributed by atoms with Crippen molar-refractivity contribution < 1.29 is 24.2 Å². The number of carboxylic acid groups (broad SMARTS) is 1. The summed E-state index contributed by atoms with van der Waals surface area (Å²) in [6.45, 7) is 0.680. The van der Waals surface area contributed by atoms with Gasteiger partial charge in [0.1, 0.15) is 6.61 Å². The van der Waals surface area contributed by atoms with E-state index in [1.807, 2.05) is 30.3 Å². The highest BCUT2D eigenvalue weighted by atomic mass is 16.5. The van der Waals surface area contributed by atoms with Gasteiger partial charge in [0.2, 0.25) is 0 Å². The second-order valence-electron chi connectivity index (χ2n) is 5.99. The Hall–Kier alpha value is -2.28. The van der Waals surface area contributed by atoms with Gasteiger partial charge in [0.25, 0.3) is 0 Å². The van der Waals surface area contributed by atoms with Crippen LogP contribution in [0.5, 0.6) is 0 Å². The highest BCUT2D eigenvalue weighted by Gasteiger charge is 2.32. The molecule has 3 atom stereocenters. The summed E-state index contributed by atoms with van der Waals surface area (Å²) in [7, 11) is 1.60. The number of carbonyl (C=O) groups is 2. The molecule has 0 aromatic heterocycles. The number of ether oxygens (including phenoxy) is 2. The maximum absolute atomic E-state index is 12.0. The Labute approximate surface area is 141 Å². The molecule has 2 rings (SSSR count). The lowest BCUT2D eigenvalue weighted by Crippen LogP contribution is -2.50. The Morgan fingerprint density at radius 1 is 1.21 bits per heavy atom. The summed E-state index contributed by atoms with van der Waals surface area (Å²) < 4.78 is 10.5. The number of hydrogen-bond donors (Lipinski definition) is 3. The number of benzene rings is 1. The summed E-state index contributed by atoms with van der Waals surface area (Å²) >= 11 is 0. The Morgan fingerprint density at radius 3 is 2.62 bits per heavy atom. The Kier molecular flexibility index (Phi) is 6.87. The summed E-state index contributed by atoms with van der Waals surface area (Å²) in [6, 6.07) is 9.28. The van der Waals surface area contributed by atoms with Crippen LogP contribution in [0.2, 0.25) is 0 Å². The maximum Gasteiger partial charge on any atom is 0.407 e. The van der Waals surface area contributed by atoms with Gasteiger partial charge in [-0.3, -0.25) is 0 Å². The van der Waals surface area contributed by atoms with Crippen molar-refractivity contribution in [3.63, 3.8) is 0 Å². The first-order chi connectivity index (χ1) is 11.6. The molecule has 24 heavy (non-hydrogen) atoms. The molecule has 0 aliphatic heterocycles. The van der Waals surface area contributed by atoms with Crippen LogP contribution < -0.4 is 10.6 Å². The van der Waals surface area contributed by atoms with Gasteiger partial charge in [-0.25, -0.2) is 9.59 Å². The van der Waals surface area contributed by atoms with E-state index in [4.69, 9.17) is 14.6 Å². The molecule has 7 nitrogen and oxygen atoms in total. The molecule has 1 aliphatic rings. The zero-order chi connectivity index (χ0) is 17.4. The van der Waals surface area contributed by atoms with Crippen molar-refractivity contribution in [3.8, 4) is 0 Å². The second kappa shape index (κ2) is 9.12. The van der Waals surface area contributed by atoms with E-state index in [-0.39, 0.29) is 24.6 Å². The fourth-order valence-electron chi connectivity index (χ4n) is 3.07. The SMILES string of the molecule is COC[C@@H]1C[C@H](NC(=O)O)CC[C@@H]1NC(=O)OCc1ccccc1. The number of alkyl carbamates (subject to hydrolysis) is 1. The molecule has 0 unspecified atom stereocenters. The molecular weight excluding hydrogens is 312 g/mol. The van der Waals surface area contributed by atoms with Gasteiger partial charge in [-0.05, 0) is 24.8 Å². The first kappa shape index (κ1) is 18.1. The number of carbonyl (C=O) groups excluding carboxylic acids is 1. The summed E-state index contributed by atoms with van der Waals surface area (Å²) in [6.07, 6.45) is 0.499. The van der Waals surface area contributed by atoms with Crippen molar-refractivity contribution in [2.45, 2.75) is 38.0 Å². The van der Waals surface area contributed by atoms with Crippen LogP contribution in [0.4, 0.5) is 9.59 Å². The summed E-state index contributed by atoms with van der Waals surface area (Å²) in [5.41, 5.74) is 0.926. The molecule has 0 saturated heterocycles. The van der Waals surface area contributed by atoms with Crippen molar-refractivity contribution >= 4 is 12.2 Å². The summed E-state index contributed by atoms with van der Waals surface area (Å²) in [5, 5.41) is 14.2. The van der Waals surface area contributed by atoms with Crippen LogP contribution in [0.1, 0.15) is 24.8 Å². The number of amides is 2. The highest BCUT2D eigenvalue weighted by Crippen LogP contribution is 2.25. The number of hydrogen-bond acceptors (Lipinski definition) is 4. The van der Waals surface area contributed by atoms with Gasteiger partial charge in [0.15, 0.2) is 0 Å². The fraction of sp³-hybridized carbons (Fsp3) is 0.529. The zero-order valence-corrected chi connectivity index (χ0v) is 13.7. The molecule has 1 aromatic rings. The van der Waals surface area contributed by atoms with Gasteiger partial charge in [-0.2, -0.15) is 0 Å². The molecule has 1 saturated carbocycles. The van der Waals surface area contributed by atoms with Gasteiger partial charge < -0.3 is 25.2 Å². The molecule has 0 radical (unpaired) electrons. The minimum atomic E-state index is -1.02. The van der Waals surface area contributed by atoms with Crippen LogP contribution in [0.3, 0.4) is 0 Å². The van der Waals surface area contributed by atoms with Crippen LogP contribution in [0.15, 0.2) is 30.3 Å². The normalized spacial score (nSPS) is 23.3. The molecule has 1 aliphatic carbocycles. The predicted molar refractivity (Wildman–Crippen MR) is 87.7 cm³/mol. The quantitative estimate of drug-likeness (QED) is 0.741. The van der Waals surface area contributed by atoms with Crippen LogP contribution in [-0.2, 0) is 16.1 Å². The third-order valence-electron chi connectivity index (χ3n) is 4.21. The summed E-state index contributed by atoms with van der Waals surface area (Å²) in [4.78, 5) is 22.8. The van der Waals surface area contributed by atoms with Gasteiger partial charge in [0, 0.05) is 25.1 Å². The van der Waals surface area contributed by atoms with Gasteiger partial charge in [-0.1, -0.05) is 30.3 Å². The predicted octanol–water partition coefficient (Wildman–Crippen LogP) is 2.36. The average molecular weight is 336 g/mol. The lowest BCUT2D eigenvalue weighted by Gasteiger charge is -2.35. The van der Waals surface area contributed by atoms with Gasteiger partial charge in [0.05, 0.1) is 6.61 Å². The van der Waals surface area contributed by atoms with E-state index in [1.165, 1.54) is 0 Å². The minimum Gasteiger partial charge on any atom is -0.465 e. The van der Waals surface area contributed by atoms with E-state index < -0.39 is 12.2 Å². The first-order valence-corrected chi connectivity index (χ1v) is 8.04. The fourth-order valence-corrected chi connectivity index (χ4v) is 3.07. The van der Waals surface area contributed by atoms with Gasteiger partial charge >= 0.3 is 12.2 Å². The monoisotopic (exact) mass is 336 g/mol. The number of rotatable bonds is 6. The van der Waals surface area contributed by atoms with Crippen LogP contribution in [0.25, 0.3) is 0 Å². The van der Waals surface area contributed by atoms with Crippen LogP contribution >= 0.6 is 0 Å². The van der Waals surface area contributed by atoms with E-state index in [0.29, 0.717) is 25.9 Å². The molecule has 1 aromatic carbocycles. The Bertz CT molecular complexity index is 537. The van der Waals surface area contributed by atoms with Crippen molar-refractivity contribution in [1.29, 1.82) is 0 Å². The zero-order valence-electron chi connectivity index (χ0n) is 13.7. The van der Waals surface area contributed by atoms with E-state index in [2.05, 4.69) is 10.6 Å². The molecule has 1 fully saturated rings. The molecule has 0 spiro atoms. The maximum atomic E-state index is 12.0. The van der Waals surface area contributed by atoms with Gasteiger partial charge in [-0.15, -0.1) is 0 Å². The standard InChI is InChI=1S/C17H24N2O5/c1-23-11-13-9-14(18-16(20)21)7-8-15(13)19-17(22)24-10-12-5-3-2-4-6-12/h2-6,13-15,18H,7-11H2,1H3,(H,19,22)(H,20,21)/t13-,14+,15-/m0/s1. The smallest absolute Gasteiger partial charge is 0.407 e. The minimum absolute atomic E-state index is 0.0462. The molecule has 0 bridgehead atoms. The highest BCUT2D eigenvalue weighted by molar-refractivity contribution is 5.67. The lowest BCUT2D eigenvalue weighted by atomic mass is 9.82. The number of nitrogens with one attached hydrogen (secondary N) is 2. The van der Waals surface area contributed by atoms with Crippen molar-refractivity contribution in [3.05, 3.63) is 35.9 Å². The molecule has 3 N–H and O–H groups in total. The van der Waals surface area contributed by atoms with E-state index in [1.54, 1.807) is 7.11 Å². The van der Waals surface area contributed by atoms with Crippen LogP contribution in [0, 0.1) is 5.92 Å². The number of methoxy groups -OCH3 is 1. The largest absolute Gasteiger partial charge is 0.465 e. The first-order valence-electron chi connectivity index (χ1n) is 8.04. The van der Waals surface area contributed by atoms with E-state index in [9.17, 15) is 9.59 Å².